The lowest BCUT2D eigenvalue weighted by Gasteiger charge is -2.46. The molecule has 118 heavy (non-hydrogen) atoms. The maximum absolute atomic E-state index is 12.2. The van der Waals surface area contributed by atoms with Gasteiger partial charge in [0, 0.05) is 77.9 Å². The molecular weight excluding hydrogens is 1420 g/mol. The average Bonchev–Trinajstić information content (AvgIpc) is 0.951. The van der Waals surface area contributed by atoms with E-state index in [0.29, 0.717) is 78.3 Å². The van der Waals surface area contributed by atoms with E-state index in [4.69, 9.17) is 0 Å². The van der Waals surface area contributed by atoms with E-state index in [0.717, 1.165) is 75.9 Å². The van der Waals surface area contributed by atoms with Crippen molar-refractivity contribution in [3.8, 4) is 67.0 Å². The summed E-state index contributed by atoms with van der Waals surface area (Å²) in [5, 5.41) is -1.42. The third-order valence-electron chi connectivity index (χ3n) is 24.9. The van der Waals surface area contributed by atoms with Gasteiger partial charge in [0.05, 0.1) is 63.6 Å². The van der Waals surface area contributed by atoms with Gasteiger partial charge < -0.3 is 18.9 Å². The molecule has 0 unspecified atom stereocenters. The number of para-hydroxylation sites is 4. The zero-order valence-electron chi connectivity index (χ0n) is 94.1. The van der Waals surface area contributed by atoms with E-state index in [1.54, 1.807) is 0 Å². The number of rotatable bonds is 9. The lowest BCUT2D eigenvalue weighted by molar-refractivity contribution is 0.589. The van der Waals surface area contributed by atoms with Crippen LogP contribution in [0.15, 0.2) is 266 Å². The first-order valence-electron chi connectivity index (χ1n) is 52.0. The number of benzene rings is 14. The van der Waals surface area contributed by atoms with E-state index in [2.05, 4.69) is 244 Å². The van der Waals surface area contributed by atoms with Crippen LogP contribution >= 0.6 is 0 Å². The van der Waals surface area contributed by atoms with E-state index in [9.17, 15) is 30.2 Å². The molecule has 14 aromatic carbocycles. The second kappa shape index (κ2) is 27.7. The summed E-state index contributed by atoms with van der Waals surface area (Å²) in [7, 11) is 0. The molecule has 2 aromatic heterocycles. The van der Waals surface area contributed by atoms with E-state index >= 15 is 0 Å². The molecule has 0 fully saturated rings. The smallest absolute Gasteiger partial charge is 0.252 e. The number of hydrogen-bond donors (Lipinski definition) is 0. The van der Waals surface area contributed by atoms with Gasteiger partial charge in [0.1, 0.15) is 0 Å². The summed E-state index contributed by atoms with van der Waals surface area (Å²) in [6.07, 6.45) is 0. The highest BCUT2D eigenvalue weighted by Crippen LogP contribution is 2.57. The van der Waals surface area contributed by atoms with Gasteiger partial charge >= 0.3 is 0 Å². The van der Waals surface area contributed by atoms with E-state index in [-0.39, 0.29) is 43.8 Å². The number of hydrogen-bond acceptors (Lipinski definition) is 2. The molecule has 588 valence electrons. The van der Waals surface area contributed by atoms with Crippen molar-refractivity contribution in [3.05, 3.63) is 328 Å². The Morgan fingerprint density at radius 2 is 0.542 bits per heavy atom. The van der Waals surface area contributed by atoms with Crippen LogP contribution in [-0.4, -0.2) is 15.8 Å². The fourth-order valence-electron chi connectivity index (χ4n) is 17.7. The second-order valence-corrected chi connectivity index (χ2v) is 38.7. The molecule has 16 aromatic rings. The van der Waals surface area contributed by atoms with E-state index < -0.39 is 206 Å². The first kappa shape index (κ1) is 55.9. The van der Waals surface area contributed by atoms with Gasteiger partial charge in [0.2, 0.25) is 0 Å². The Morgan fingerprint density at radius 3 is 0.822 bits per heavy atom. The van der Waals surface area contributed by atoms with E-state index in [1.165, 1.54) is 0 Å². The molecule has 18 rings (SSSR count). The topological polar surface area (TPSA) is 16.3 Å². The van der Waals surface area contributed by atoms with Crippen LogP contribution in [0.3, 0.4) is 0 Å². The van der Waals surface area contributed by atoms with Gasteiger partial charge in [-0.25, -0.2) is 0 Å². The average molecular weight is 1560 g/mol. The largest absolute Gasteiger partial charge is 0.310 e. The van der Waals surface area contributed by atoms with Crippen molar-refractivity contribution in [3.63, 3.8) is 0 Å². The Morgan fingerprint density at radius 1 is 0.271 bits per heavy atom. The molecule has 0 saturated carbocycles. The zero-order chi connectivity index (χ0) is 102. The summed E-state index contributed by atoms with van der Waals surface area (Å²) in [6, 6.07) is 30.1. The van der Waals surface area contributed by atoms with Crippen LogP contribution in [0.2, 0.25) is 0 Å². The molecule has 4 heterocycles. The first-order chi connectivity index (χ1) is 65.1. The zero-order valence-corrected chi connectivity index (χ0v) is 72.1. The molecule has 4 nitrogen and oxygen atoms in total. The summed E-state index contributed by atoms with van der Waals surface area (Å²) in [6.45, 7) is 47.1. The summed E-state index contributed by atoms with van der Waals surface area (Å²) in [5.74, 6) is 0. The van der Waals surface area contributed by atoms with Gasteiger partial charge in [-0.1, -0.05) is 306 Å². The van der Waals surface area contributed by atoms with Crippen LogP contribution in [0.4, 0.5) is 34.1 Å². The molecule has 0 aliphatic carbocycles. The van der Waals surface area contributed by atoms with Crippen molar-refractivity contribution in [2.24, 2.45) is 0 Å². The highest BCUT2D eigenvalue weighted by molar-refractivity contribution is 7.00. The molecule has 0 N–H and O–H groups in total. The van der Waals surface area contributed by atoms with Crippen molar-refractivity contribution < 1.29 is 30.2 Å². The monoisotopic (exact) mass is 1560 g/mol. The molecule has 5 heteroatoms. The van der Waals surface area contributed by atoms with Gasteiger partial charge in [-0.2, -0.15) is 0 Å². The summed E-state index contributed by atoms with van der Waals surface area (Å²) in [5.41, 5.74) is 11.8. The fraction of sp³-hybridized carbons (Fsp3) is 0.257. The Kier molecular flexibility index (Phi) is 13.1. The molecular formula is C113H113BN4. The number of anilines is 6. The summed E-state index contributed by atoms with van der Waals surface area (Å²) >= 11 is 0. The molecule has 0 atom stereocenters. The predicted octanol–water partition coefficient (Wildman–Crippen LogP) is 29.6. The molecule has 0 radical (unpaired) electrons. The van der Waals surface area contributed by atoms with Crippen molar-refractivity contribution in [2.45, 2.75) is 192 Å². The van der Waals surface area contributed by atoms with Crippen molar-refractivity contribution >= 4 is 101 Å². The lowest BCUT2D eigenvalue weighted by Crippen LogP contribution is -2.61. The Labute approximate surface area is 732 Å². The van der Waals surface area contributed by atoms with Crippen LogP contribution in [0.5, 0.6) is 0 Å². The Bertz CT molecular complexity index is 7440. The number of nitrogens with zero attached hydrogens (tertiary/aromatic N) is 4. The third kappa shape index (κ3) is 12.9. The first-order valence-corrected chi connectivity index (χ1v) is 41.0. The predicted molar refractivity (Wildman–Crippen MR) is 512 cm³/mol. The Balaban J connectivity index is 1.20. The molecule has 0 spiro atoms. The number of fused-ring (bicyclic) bond motifs is 10. The SMILES string of the molecule is [2H]c1c([2H])c(-n2c3c([2H])c([2H])c([2H])c([2H])c3c3c([2H])c([2H])c([2H])c([2H])c32)c([2H])c2c1B1c3c(cc(-c4c(C)c(C)c(C)c(C)c4C)cc3N(c3c(-c4cccc(C(C)(C)C)c4)cc(C(C)(C)C)cc3-c3cccc(C(C)(C)C)c3)c3c([2H])c(-n4c5c([2H])c([2H])c([2H])c([2H])c5c5c([2H])c([2H])c([2H])c([2H])c54)c([2H])c([2H])c31)N2c1c(-c2cccc(C(C)(C)C)c2)cc(C(C)(C)C)cc1-c1cccc(C(C)(C)C)c1. The second-order valence-electron chi connectivity index (χ2n) is 38.7. The van der Waals surface area contributed by atoms with Crippen molar-refractivity contribution in [1.82, 2.24) is 9.13 Å². The highest BCUT2D eigenvalue weighted by atomic mass is 15.2. The van der Waals surface area contributed by atoms with E-state index in [1.807, 2.05) is 58.3 Å². The molecule has 0 bridgehead atoms. The molecule has 2 aliphatic heterocycles. The van der Waals surface area contributed by atoms with Gasteiger partial charge in [-0.3, -0.25) is 0 Å². The maximum Gasteiger partial charge on any atom is 0.252 e. The van der Waals surface area contributed by atoms with Crippen LogP contribution in [-0.2, 0) is 32.5 Å². The normalized spacial score (nSPS) is 15.9. The standard InChI is InChI=1S/C113H113BN4/c1-68-69(2)71(4)104(72(5)70(68)3)77-60-102-105-103(61-77)118(107-92(75-38-34-42-80(58-75)110(12,13)14)64-83(113(21,22)23)65-93(107)76-39-35-43-81(59-76)111(15,16)17)101-67-85(116-98-50-30-26-46-88(98)89-47-27-31-51-99(89)116)53-55-95(101)114(105)94-54-52-84(115-96-48-28-24-44-86(96)87-45-25-29-49-97(87)115)66-100(94)117(102)106-90(73-36-32-40-78(56-73)108(6,7)8)62-82(112(18,19)20)63-91(106)74-37-33-41-79(57-74)109(9,10)11/h24-67H,1-23H3/i24D,25D,26D,27D,28D,29D,30D,31D,44D,45D,46D,47D,48D,49D,50D,51D,52D,53D,54D,55D,66D,67D. The minimum absolute atomic E-state index is 0.159. The third-order valence-corrected chi connectivity index (χ3v) is 24.9. The van der Waals surface area contributed by atoms with Crippen LogP contribution < -0.4 is 26.2 Å². The van der Waals surface area contributed by atoms with Gasteiger partial charge in [0.15, 0.2) is 0 Å². The minimum Gasteiger partial charge on any atom is -0.310 e. The highest BCUT2D eigenvalue weighted by Gasteiger charge is 2.47. The van der Waals surface area contributed by atoms with Crippen LogP contribution in [0.25, 0.3) is 111 Å². The maximum atomic E-state index is 12.2. The van der Waals surface area contributed by atoms with Gasteiger partial charge in [-0.05, 0) is 263 Å². The quantitative estimate of drug-likeness (QED) is 0.134. The molecule has 0 amide bonds. The Hall–Kier alpha value is -11.7. The van der Waals surface area contributed by atoms with Gasteiger partial charge in [-0.15, -0.1) is 0 Å². The van der Waals surface area contributed by atoms with Crippen molar-refractivity contribution in [2.75, 3.05) is 9.80 Å². The minimum atomic E-state index is -1.72. The van der Waals surface area contributed by atoms with Crippen LogP contribution in [0, 0.1) is 34.6 Å². The molecule has 2 aliphatic rings. The van der Waals surface area contributed by atoms with Crippen LogP contribution in [0.1, 0.15) is 216 Å². The lowest BCUT2D eigenvalue weighted by atomic mass is 9.33. The summed E-state index contributed by atoms with van der Waals surface area (Å²) in [4.78, 5) is 3.96. The fourth-order valence-corrected chi connectivity index (χ4v) is 17.7. The summed E-state index contributed by atoms with van der Waals surface area (Å²) < 4.78 is 229. The van der Waals surface area contributed by atoms with Crippen molar-refractivity contribution in [1.29, 1.82) is 0 Å². The number of aromatic nitrogens is 2. The molecule has 0 saturated heterocycles. The van der Waals surface area contributed by atoms with Gasteiger partial charge in [0.25, 0.3) is 6.71 Å².